The van der Waals surface area contributed by atoms with Crippen LogP contribution in [0.4, 0.5) is 0 Å². The zero-order valence-electron chi connectivity index (χ0n) is 36.5. The molecule has 6 aromatic rings. The topological polar surface area (TPSA) is 204 Å². The smallest absolute Gasteiger partial charge is 0.358 e. The van der Waals surface area contributed by atoms with Crippen molar-refractivity contribution in [2.45, 2.75) is 63.1 Å². The lowest BCUT2D eigenvalue weighted by molar-refractivity contribution is 0.0381. The number of benzene rings is 3. The van der Waals surface area contributed by atoms with Crippen LogP contribution in [0.15, 0.2) is 87.0 Å². The van der Waals surface area contributed by atoms with E-state index in [4.69, 9.17) is 9.47 Å². The Bertz CT molecular complexity index is 3040. The Morgan fingerprint density at radius 3 is 1.22 bits per heavy atom. The van der Waals surface area contributed by atoms with Gasteiger partial charge in [-0.25, -0.2) is 29.3 Å². The first-order valence-corrected chi connectivity index (χ1v) is 24.9. The monoisotopic (exact) mass is 1120 g/mol. The summed E-state index contributed by atoms with van der Waals surface area (Å²) in [5, 5.41) is 9.41. The van der Waals surface area contributed by atoms with Gasteiger partial charge in [-0.15, -0.1) is 0 Å². The number of halogens is 3. The van der Waals surface area contributed by atoms with E-state index in [1.54, 1.807) is 50.1 Å². The molecule has 9 heterocycles. The maximum absolute atomic E-state index is 13.4. The summed E-state index contributed by atoms with van der Waals surface area (Å²) in [7, 11) is 0. The molecule has 3 fully saturated rings. The average molecular weight is 1130 g/mol. The van der Waals surface area contributed by atoms with Crippen LogP contribution in [0.25, 0.3) is 17.1 Å². The molecule has 3 aromatic carbocycles. The van der Waals surface area contributed by atoms with Crippen LogP contribution in [-0.2, 0) is 9.47 Å². The van der Waals surface area contributed by atoms with Crippen molar-refractivity contribution in [1.82, 2.24) is 43.4 Å². The highest BCUT2D eigenvalue weighted by atomic mass is 79.9. The lowest BCUT2D eigenvalue weighted by atomic mass is 10.1. The van der Waals surface area contributed by atoms with Crippen molar-refractivity contribution >= 4 is 83.4 Å². The van der Waals surface area contributed by atoms with Gasteiger partial charge in [0.1, 0.15) is 19.0 Å². The van der Waals surface area contributed by atoms with Crippen molar-refractivity contribution in [3.05, 3.63) is 138 Å². The van der Waals surface area contributed by atoms with Gasteiger partial charge < -0.3 is 29.3 Å². The van der Waals surface area contributed by atoms with E-state index in [1.807, 2.05) is 45.5 Å². The molecule has 0 radical (unpaired) electrons. The molecule has 352 valence electrons. The summed E-state index contributed by atoms with van der Waals surface area (Å²) in [5.74, 6) is -2.46. The molecule has 6 aliphatic heterocycles. The highest BCUT2D eigenvalue weighted by Gasteiger charge is 2.43. The van der Waals surface area contributed by atoms with Crippen molar-refractivity contribution in [3.63, 3.8) is 0 Å². The van der Waals surface area contributed by atoms with Crippen LogP contribution in [-0.4, -0.2) is 117 Å². The number of amides is 3. The van der Waals surface area contributed by atoms with Crippen LogP contribution in [0.5, 0.6) is 0 Å². The molecule has 3 atom stereocenters. The lowest BCUT2D eigenvalue weighted by Gasteiger charge is -2.23. The molecular weight excluding hydrogens is 1090 g/mol. The predicted octanol–water partition coefficient (Wildman–Crippen LogP) is 8.19. The molecule has 3 amide bonds. The molecule has 6 aliphatic rings. The van der Waals surface area contributed by atoms with E-state index >= 15 is 0 Å². The number of imidazole rings is 3. The molecule has 69 heavy (non-hydrogen) atoms. The van der Waals surface area contributed by atoms with Crippen molar-refractivity contribution in [1.29, 1.82) is 0 Å². The van der Waals surface area contributed by atoms with Crippen LogP contribution in [0.3, 0.4) is 0 Å². The van der Waals surface area contributed by atoms with Gasteiger partial charge in [0.2, 0.25) is 0 Å². The Kier molecular flexibility index (Phi) is 11.6. The standard InChI is InChI=1S/C33H28Br2N6O6.C15H12BrN3O3/c34-18-6-8-22-20(14-18)30(42)38-10-1-4-24(38)28-26(36-16-40(22)28)32(44)46-12-3-13-47-33(45)27-29-25-5-2-11-39(25)31(43)21-15-19(35)7-9-23(21)41(29)17-37-27;16-8-3-4-10-9(6-8)14(20)18-5-1-2-11(18)13-12(15(21)22)17-7-19(10)13/h6-9,14-17,24-25H,1-5,10-13H2;3-4,6-7,11H,1-2,5H2,(H,21,22)/t24-,25?;/m0./s1. The Hall–Kier alpha value is -6.45. The Morgan fingerprint density at radius 1 is 0.536 bits per heavy atom. The lowest BCUT2D eigenvalue weighted by Crippen LogP contribution is -2.30. The zero-order valence-corrected chi connectivity index (χ0v) is 41.3. The Balaban J connectivity index is 0.000000197. The predicted molar refractivity (Wildman–Crippen MR) is 255 cm³/mol. The maximum Gasteiger partial charge on any atom is 0.358 e. The normalized spacial score (nSPS) is 19.3. The molecular formula is C48H40Br3N9O9. The molecule has 3 saturated heterocycles. The molecule has 3 aromatic heterocycles. The number of fused-ring (bicyclic) bond motifs is 15. The number of carbonyl (C=O) groups is 6. The fraction of sp³-hybridized carbons (Fsp3) is 0.312. The van der Waals surface area contributed by atoms with E-state index < -0.39 is 17.9 Å². The number of rotatable bonds is 7. The van der Waals surface area contributed by atoms with Gasteiger partial charge in [-0.1, -0.05) is 47.8 Å². The largest absolute Gasteiger partial charge is 0.476 e. The average Bonchev–Trinajstić information content (AvgIpc) is 4.20. The van der Waals surface area contributed by atoms with Crippen LogP contribution in [0, 0.1) is 0 Å². The molecule has 0 saturated carbocycles. The number of hydrogen-bond donors (Lipinski definition) is 1. The highest BCUT2D eigenvalue weighted by Crippen LogP contribution is 2.43. The number of hydrogen-bond acceptors (Lipinski definition) is 11. The molecule has 1 N–H and O–H groups in total. The summed E-state index contributed by atoms with van der Waals surface area (Å²) in [5.41, 5.74) is 5.92. The number of carboxylic acids is 1. The zero-order chi connectivity index (χ0) is 47.8. The van der Waals surface area contributed by atoms with Crippen LogP contribution in [0.2, 0.25) is 0 Å². The number of nitrogens with zero attached hydrogens (tertiary/aromatic N) is 9. The first kappa shape index (κ1) is 45.0. The van der Waals surface area contributed by atoms with Gasteiger partial charge in [-0.05, 0) is 93.1 Å². The third kappa shape index (κ3) is 7.59. The molecule has 12 rings (SSSR count). The molecule has 0 bridgehead atoms. The molecule has 2 unspecified atom stereocenters. The summed E-state index contributed by atoms with van der Waals surface area (Å²) in [4.78, 5) is 96.0. The van der Waals surface area contributed by atoms with Gasteiger partial charge in [0.05, 0.1) is 82.2 Å². The van der Waals surface area contributed by atoms with Crippen molar-refractivity contribution < 1.29 is 43.3 Å². The van der Waals surface area contributed by atoms with E-state index in [1.165, 1.54) is 6.33 Å². The van der Waals surface area contributed by atoms with Gasteiger partial charge >= 0.3 is 17.9 Å². The fourth-order valence-electron chi connectivity index (χ4n) is 10.6. The van der Waals surface area contributed by atoms with Gasteiger partial charge in [-0.2, -0.15) is 0 Å². The molecule has 0 aliphatic carbocycles. The quantitative estimate of drug-likeness (QED) is 0.119. The van der Waals surface area contributed by atoms with Gasteiger partial charge in [0, 0.05) is 39.5 Å². The van der Waals surface area contributed by atoms with Gasteiger partial charge in [-0.3, -0.25) is 28.1 Å². The minimum absolute atomic E-state index is 0.00368. The SMILES string of the molecule is O=C(O)c1ncn2c1C1CCCN1C(=O)c1cc(Br)ccc1-2.O=C(OCCCOC(=O)c1ncn2c1[C@@H]1CCCN1C(=O)c1cc(Br)ccc1-2)c1ncn2c1C1CCCN1C(=O)c1cc(Br)ccc1-2. The van der Waals surface area contributed by atoms with E-state index in [2.05, 4.69) is 62.7 Å². The minimum atomic E-state index is -1.06. The fourth-order valence-corrected chi connectivity index (χ4v) is 11.7. The maximum atomic E-state index is 13.4. The van der Waals surface area contributed by atoms with E-state index in [0.717, 1.165) is 51.9 Å². The van der Waals surface area contributed by atoms with E-state index in [0.29, 0.717) is 70.5 Å². The summed E-state index contributed by atoms with van der Waals surface area (Å²) >= 11 is 10.3. The number of carbonyl (C=O) groups excluding carboxylic acids is 5. The Morgan fingerprint density at radius 2 is 0.870 bits per heavy atom. The first-order chi connectivity index (χ1) is 33.4. The molecule has 18 nitrogen and oxygen atoms in total. The third-order valence-corrected chi connectivity index (χ3v) is 15.1. The van der Waals surface area contributed by atoms with Crippen LogP contribution in [0.1, 0.15) is 143 Å². The van der Waals surface area contributed by atoms with Crippen molar-refractivity contribution in [2.75, 3.05) is 32.8 Å². The highest BCUT2D eigenvalue weighted by molar-refractivity contribution is 9.11. The summed E-state index contributed by atoms with van der Waals surface area (Å²) in [6.07, 6.45) is 9.61. The first-order valence-electron chi connectivity index (χ1n) is 22.5. The van der Waals surface area contributed by atoms with E-state index in [-0.39, 0.29) is 72.6 Å². The molecule has 0 spiro atoms. The number of esters is 2. The number of aromatic carboxylic acids is 1. The second kappa shape index (κ2) is 17.8. The van der Waals surface area contributed by atoms with Gasteiger partial charge in [0.15, 0.2) is 17.1 Å². The number of ether oxygens (including phenoxy) is 2. The second-order valence-electron chi connectivity index (χ2n) is 17.4. The van der Waals surface area contributed by atoms with E-state index in [9.17, 15) is 33.9 Å². The summed E-state index contributed by atoms with van der Waals surface area (Å²) < 4.78 is 19.0. The number of aromatic nitrogens is 6. The number of carboxylic acid groups (broad SMARTS) is 1. The van der Waals surface area contributed by atoms with Crippen LogP contribution < -0.4 is 0 Å². The van der Waals surface area contributed by atoms with Gasteiger partial charge in [0.25, 0.3) is 17.7 Å². The molecule has 21 heteroatoms. The van der Waals surface area contributed by atoms with Crippen molar-refractivity contribution in [2.24, 2.45) is 0 Å². The second-order valence-corrected chi connectivity index (χ2v) is 20.2. The summed E-state index contributed by atoms with van der Waals surface area (Å²) in [6, 6.07) is 15.6. The minimum Gasteiger partial charge on any atom is -0.476 e. The van der Waals surface area contributed by atoms with Crippen LogP contribution >= 0.6 is 47.8 Å². The van der Waals surface area contributed by atoms with Crippen molar-refractivity contribution in [3.8, 4) is 17.1 Å². The summed E-state index contributed by atoms with van der Waals surface area (Å²) in [6.45, 7) is 1.84. The Labute approximate surface area is 418 Å². The third-order valence-electron chi connectivity index (χ3n) is 13.6.